The Morgan fingerprint density at radius 3 is 1.26 bits per heavy atom. The first-order valence-corrected chi connectivity index (χ1v) is 20.0. The molecule has 11 rings (SSSR count). The molecular weight excluding hydrogens is 703 g/mol. The summed E-state index contributed by atoms with van der Waals surface area (Å²) >= 11 is 0. The zero-order valence-corrected chi connectivity index (χ0v) is 32.4. The van der Waals surface area contributed by atoms with Crippen molar-refractivity contribution in [2.45, 2.75) is 24.7 Å². The van der Waals surface area contributed by atoms with E-state index in [4.69, 9.17) is 15.0 Å². The number of nitrogens with zero attached hydrogens (tertiary/aromatic N) is 3. The van der Waals surface area contributed by atoms with Crippen molar-refractivity contribution >= 4 is 0 Å². The van der Waals surface area contributed by atoms with Crippen molar-refractivity contribution in [2.75, 3.05) is 0 Å². The molecule has 0 fully saturated rings. The zero-order valence-electron chi connectivity index (χ0n) is 32.4. The molecule has 3 nitrogen and oxygen atoms in total. The molecule has 0 N–H and O–H groups in total. The van der Waals surface area contributed by atoms with E-state index in [0.29, 0.717) is 17.5 Å². The van der Waals surface area contributed by atoms with E-state index < -0.39 is 5.41 Å². The van der Waals surface area contributed by atoms with E-state index in [0.717, 1.165) is 38.9 Å². The Morgan fingerprint density at radius 2 is 0.672 bits per heavy atom. The molecule has 8 aromatic carbocycles. The van der Waals surface area contributed by atoms with Gasteiger partial charge in [-0.25, -0.2) is 15.0 Å². The first-order valence-electron chi connectivity index (χ1n) is 20.0. The van der Waals surface area contributed by atoms with Crippen molar-refractivity contribution in [3.8, 4) is 67.5 Å². The molecule has 2 aliphatic rings. The molecule has 3 heteroatoms. The van der Waals surface area contributed by atoms with Crippen molar-refractivity contribution in [2.24, 2.45) is 0 Å². The highest BCUT2D eigenvalue weighted by Crippen LogP contribution is 2.62. The van der Waals surface area contributed by atoms with E-state index in [2.05, 4.69) is 190 Å². The highest BCUT2D eigenvalue weighted by atomic mass is 15.0. The Bertz CT molecular complexity index is 2990. The van der Waals surface area contributed by atoms with Gasteiger partial charge in [-0.3, -0.25) is 0 Å². The molecule has 1 aromatic heterocycles. The normalized spacial score (nSPS) is 14.0. The van der Waals surface area contributed by atoms with Crippen LogP contribution in [0.25, 0.3) is 67.5 Å². The molecule has 58 heavy (non-hydrogen) atoms. The average Bonchev–Trinajstić information content (AvgIpc) is 3.59. The van der Waals surface area contributed by atoms with Crippen LogP contribution in [0.15, 0.2) is 200 Å². The molecule has 0 saturated heterocycles. The Kier molecular flexibility index (Phi) is 7.74. The number of hydrogen-bond donors (Lipinski definition) is 0. The van der Waals surface area contributed by atoms with Gasteiger partial charge in [0.15, 0.2) is 17.5 Å². The van der Waals surface area contributed by atoms with Crippen molar-refractivity contribution in [1.82, 2.24) is 15.0 Å². The second-order valence-corrected chi connectivity index (χ2v) is 16.0. The molecular formula is C55H39N3. The third kappa shape index (κ3) is 5.17. The van der Waals surface area contributed by atoms with E-state index >= 15 is 0 Å². The van der Waals surface area contributed by atoms with Gasteiger partial charge in [-0.05, 0) is 85.0 Å². The topological polar surface area (TPSA) is 38.7 Å². The molecule has 0 aliphatic heterocycles. The lowest BCUT2D eigenvalue weighted by Crippen LogP contribution is -2.40. The Labute approximate surface area is 339 Å². The van der Waals surface area contributed by atoms with Gasteiger partial charge in [-0.2, -0.15) is 0 Å². The summed E-state index contributed by atoms with van der Waals surface area (Å²) in [7, 11) is 0. The van der Waals surface area contributed by atoms with Gasteiger partial charge in [0, 0.05) is 22.1 Å². The van der Waals surface area contributed by atoms with Gasteiger partial charge in [0.2, 0.25) is 0 Å². The lowest BCUT2D eigenvalue weighted by atomic mass is 9.55. The standard InChI is InChI=1S/C55H39N3/c1-54(2)46-27-11-13-29-48(46)55(49-30-14-12-28-47(49)54)45-26-10-9-25-43(45)44-32-31-40(35-50(44)55)39-22-16-24-42(34-39)53-57-51(37-19-7-4-8-20-37)56-52(58-53)41-23-15-21-38(33-41)36-17-5-3-6-18-36/h3-35H,1-2H3. The maximum absolute atomic E-state index is 5.16. The molecule has 0 saturated carbocycles. The second-order valence-electron chi connectivity index (χ2n) is 16.0. The zero-order chi connectivity index (χ0) is 38.8. The Balaban J connectivity index is 1.08. The lowest BCUT2D eigenvalue weighted by molar-refractivity contribution is 0.563. The van der Waals surface area contributed by atoms with Crippen LogP contribution in [0.1, 0.15) is 47.2 Å². The maximum Gasteiger partial charge on any atom is 0.164 e. The first kappa shape index (κ1) is 34.1. The van der Waals surface area contributed by atoms with Crippen LogP contribution in [0.4, 0.5) is 0 Å². The smallest absolute Gasteiger partial charge is 0.164 e. The van der Waals surface area contributed by atoms with E-state index in [-0.39, 0.29) is 5.41 Å². The summed E-state index contributed by atoms with van der Waals surface area (Å²) in [6.45, 7) is 4.74. The van der Waals surface area contributed by atoms with E-state index in [9.17, 15) is 0 Å². The fraction of sp³-hybridized carbons (Fsp3) is 0.0727. The van der Waals surface area contributed by atoms with Gasteiger partial charge in [0.05, 0.1) is 5.41 Å². The molecule has 274 valence electrons. The van der Waals surface area contributed by atoms with Gasteiger partial charge in [-0.1, -0.05) is 196 Å². The predicted octanol–water partition coefficient (Wildman–Crippen LogP) is 13.2. The van der Waals surface area contributed by atoms with Crippen LogP contribution >= 0.6 is 0 Å². The van der Waals surface area contributed by atoms with Crippen LogP contribution in [-0.4, -0.2) is 15.0 Å². The third-order valence-electron chi connectivity index (χ3n) is 12.4. The van der Waals surface area contributed by atoms with Gasteiger partial charge in [-0.15, -0.1) is 0 Å². The van der Waals surface area contributed by atoms with Crippen molar-refractivity contribution in [3.05, 3.63) is 234 Å². The lowest BCUT2D eigenvalue weighted by Gasteiger charge is -2.46. The van der Waals surface area contributed by atoms with Crippen LogP contribution in [0.2, 0.25) is 0 Å². The van der Waals surface area contributed by atoms with Crippen molar-refractivity contribution in [1.29, 1.82) is 0 Å². The molecule has 2 aliphatic carbocycles. The molecule has 1 spiro atoms. The largest absolute Gasteiger partial charge is 0.208 e. The van der Waals surface area contributed by atoms with Gasteiger partial charge in [0.1, 0.15) is 0 Å². The number of fused-ring (bicyclic) bond motifs is 9. The fourth-order valence-electron chi connectivity index (χ4n) is 9.70. The summed E-state index contributed by atoms with van der Waals surface area (Å²) < 4.78 is 0. The molecule has 0 atom stereocenters. The summed E-state index contributed by atoms with van der Waals surface area (Å²) in [5, 5.41) is 0. The highest BCUT2D eigenvalue weighted by molar-refractivity contribution is 5.90. The SMILES string of the molecule is CC1(C)c2ccccc2C2(c3ccccc3-c3ccc(-c4cccc(-c5nc(-c6ccccc6)nc(-c6cccc(-c7ccccc7)c6)n5)c4)cc32)c2ccccc21. The first-order chi connectivity index (χ1) is 28.5. The van der Waals surface area contributed by atoms with Gasteiger partial charge in [0.25, 0.3) is 0 Å². The van der Waals surface area contributed by atoms with E-state index in [1.165, 1.54) is 44.5 Å². The van der Waals surface area contributed by atoms with Crippen LogP contribution in [0.5, 0.6) is 0 Å². The van der Waals surface area contributed by atoms with E-state index in [1.54, 1.807) is 0 Å². The minimum atomic E-state index is -0.454. The number of benzene rings is 8. The van der Waals surface area contributed by atoms with E-state index in [1.807, 2.05) is 24.3 Å². The van der Waals surface area contributed by atoms with Gasteiger partial charge >= 0.3 is 0 Å². The van der Waals surface area contributed by atoms with Crippen LogP contribution in [0, 0.1) is 0 Å². The minimum absolute atomic E-state index is 0.146. The summed E-state index contributed by atoms with van der Waals surface area (Å²) in [6, 6.07) is 72.1. The predicted molar refractivity (Wildman–Crippen MR) is 236 cm³/mol. The fourth-order valence-corrected chi connectivity index (χ4v) is 9.70. The number of hydrogen-bond acceptors (Lipinski definition) is 3. The van der Waals surface area contributed by atoms with Crippen LogP contribution in [0.3, 0.4) is 0 Å². The third-order valence-corrected chi connectivity index (χ3v) is 12.4. The average molecular weight is 742 g/mol. The van der Waals surface area contributed by atoms with Crippen LogP contribution < -0.4 is 0 Å². The quantitative estimate of drug-likeness (QED) is 0.176. The summed E-state index contributed by atoms with van der Waals surface area (Å²) in [6.07, 6.45) is 0. The number of aromatic nitrogens is 3. The maximum atomic E-state index is 5.16. The Morgan fingerprint density at radius 1 is 0.276 bits per heavy atom. The molecule has 0 bridgehead atoms. The summed E-state index contributed by atoms with van der Waals surface area (Å²) in [5.74, 6) is 1.92. The summed E-state index contributed by atoms with van der Waals surface area (Å²) in [5.41, 5.74) is 17.5. The minimum Gasteiger partial charge on any atom is -0.208 e. The molecule has 0 radical (unpaired) electrons. The Hall–Kier alpha value is -7.23. The van der Waals surface area contributed by atoms with Gasteiger partial charge < -0.3 is 0 Å². The molecule has 0 amide bonds. The molecule has 9 aromatic rings. The highest BCUT2D eigenvalue weighted by Gasteiger charge is 2.53. The number of rotatable bonds is 5. The monoisotopic (exact) mass is 741 g/mol. The van der Waals surface area contributed by atoms with Crippen LogP contribution in [-0.2, 0) is 10.8 Å². The summed E-state index contributed by atoms with van der Waals surface area (Å²) in [4.78, 5) is 15.3. The molecule has 0 unspecified atom stereocenters. The second kappa shape index (κ2) is 13.2. The van der Waals surface area contributed by atoms with Crippen molar-refractivity contribution in [3.63, 3.8) is 0 Å². The molecule has 1 heterocycles. The van der Waals surface area contributed by atoms with Crippen molar-refractivity contribution < 1.29 is 0 Å².